The second kappa shape index (κ2) is 5.70. The Kier molecular flexibility index (Phi) is 4.03. The molecule has 5 heteroatoms. The molecule has 0 amide bonds. The summed E-state index contributed by atoms with van der Waals surface area (Å²) < 4.78 is 28.7. The predicted molar refractivity (Wildman–Crippen MR) is 92.9 cm³/mol. The van der Waals surface area contributed by atoms with Crippen molar-refractivity contribution in [3.8, 4) is 0 Å². The van der Waals surface area contributed by atoms with Gasteiger partial charge in [-0.05, 0) is 55.5 Å². The summed E-state index contributed by atoms with van der Waals surface area (Å²) in [5.41, 5.74) is 3.74. The fraction of sp³-hybridized carbons (Fsp3) is 0.294. The van der Waals surface area contributed by atoms with Crippen LogP contribution in [0.2, 0.25) is 0 Å². The first-order valence-corrected chi connectivity index (χ1v) is 9.52. The third-order valence-corrected chi connectivity index (χ3v) is 6.53. The lowest BCUT2D eigenvalue weighted by Crippen LogP contribution is -2.36. The summed E-state index contributed by atoms with van der Waals surface area (Å²) in [6.45, 7) is 4.34. The number of fused-ring (bicyclic) bond motifs is 1. The van der Waals surface area contributed by atoms with Gasteiger partial charge in [0.15, 0.2) is 0 Å². The summed E-state index contributed by atoms with van der Waals surface area (Å²) in [5.74, 6) is 0. The molecule has 1 aliphatic heterocycles. The van der Waals surface area contributed by atoms with Gasteiger partial charge in [-0.25, -0.2) is 8.42 Å². The van der Waals surface area contributed by atoms with E-state index in [9.17, 15) is 8.42 Å². The van der Waals surface area contributed by atoms with Gasteiger partial charge >= 0.3 is 0 Å². The van der Waals surface area contributed by atoms with Crippen LogP contribution in [0, 0.1) is 13.8 Å². The highest BCUT2D eigenvalue weighted by Crippen LogP contribution is 2.35. The van der Waals surface area contributed by atoms with Crippen LogP contribution in [-0.4, -0.2) is 15.0 Å². The van der Waals surface area contributed by atoms with Crippen LogP contribution in [0.3, 0.4) is 0 Å². The van der Waals surface area contributed by atoms with Crippen molar-refractivity contribution in [3.05, 3.63) is 57.6 Å². The SMILES string of the molecule is Cc1ccc(Br)cc1S(=O)(=O)N1CCCc2cccc(C)c21. The van der Waals surface area contributed by atoms with Crippen LogP contribution in [0.25, 0.3) is 0 Å². The largest absolute Gasteiger partial charge is 0.266 e. The molecule has 22 heavy (non-hydrogen) atoms. The van der Waals surface area contributed by atoms with Gasteiger partial charge in [-0.2, -0.15) is 0 Å². The third kappa shape index (κ3) is 2.57. The van der Waals surface area contributed by atoms with E-state index in [4.69, 9.17) is 0 Å². The van der Waals surface area contributed by atoms with E-state index in [0.717, 1.165) is 39.7 Å². The zero-order valence-electron chi connectivity index (χ0n) is 12.6. The molecule has 0 bridgehead atoms. The minimum absolute atomic E-state index is 0.373. The number of benzene rings is 2. The molecule has 1 heterocycles. The fourth-order valence-corrected chi connectivity index (χ4v) is 5.39. The summed E-state index contributed by atoms with van der Waals surface area (Å²) >= 11 is 3.38. The van der Waals surface area contributed by atoms with Crippen molar-refractivity contribution in [2.45, 2.75) is 31.6 Å². The van der Waals surface area contributed by atoms with Gasteiger partial charge in [0.25, 0.3) is 10.0 Å². The topological polar surface area (TPSA) is 37.4 Å². The number of hydrogen-bond donors (Lipinski definition) is 0. The Bertz CT molecular complexity index is 831. The second-order valence-electron chi connectivity index (χ2n) is 5.67. The maximum atomic E-state index is 13.2. The maximum Gasteiger partial charge on any atom is 0.264 e. The van der Waals surface area contributed by atoms with Gasteiger partial charge in [0.1, 0.15) is 0 Å². The Morgan fingerprint density at radius 2 is 1.86 bits per heavy atom. The molecule has 0 spiro atoms. The smallest absolute Gasteiger partial charge is 0.264 e. The highest BCUT2D eigenvalue weighted by molar-refractivity contribution is 9.10. The van der Waals surface area contributed by atoms with Crippen LogP contribution in [0.1, 0.15) is 23.1 Å². The van der Waals surface area contributed by atoms with E-state index in [0.29, 0.717) is 11.4 Å². The highest BCUT2D eigenvalue weighted by Gasteiger charge is 2.31. The van der Waals surface area contributed by atoms with Crippen molar-refractivity contribution >= 4 is 31.6 Å². The monoisotopic (exact) mass is 379 g/mol. The normalized spacial score (nSPS) is 14.8. The average molecular weight is 380 g/mol. The van der Waals surface area contributed by atoms with Gasteiger partial charge in [0.2, 0.25) is 0 Å². The van der Waals surface area contributed by atoms with Crippen molar-refractivity contribution in [1.82, 2.24) is 0 Å². The molecule has 116 valence electrons. The first-order chi connectivity index (χ1) is 10.4. The Morgan fingerprint density at radius 1 is 1.09 bits per heavy atom. The molecule has 0 aromatic heterocycles. The number of aryl methyl sites for hydroxylation is 3. The number of nitrogens with zero attached hydrogens (tertiary/aromatic N) is 1. The van der Waals surface area contributed by atoms with E-state index in [-0.39, 0.29) is 0 Å². The molecule has 2 aromatic carbocycles. The van der Waals surface area contributed by atoms with Gasteiger partial charge < -0.3 is 0 Å². The third-order valence-electron chi connectivity index (χ3n) is 4.10. The molecular formula is C17H18BrNO2S. The Balaban J connectivity index is 2.18. The lowest BCUT2D eigenvalue weighted by atomic mass is 10.0. The van der Waals surface area contributed by atoms with Crippen LogP contribution in [0.5, 0.6) is 0 Å². The van der Waals surface area contributed by atoms with Crippen molar-refractivity contribution in [1.29, 1.82) is 0 Å². The van der Waals surface area contributed by atoms with Crippen molar-refractivity contribution < 1.29 is 8.42 Å². The summed E-state index contributed by atoms with van der Waals surface area (Å²) in [6.07, 6.45) is 1.78. The standard InChI is InChI=1S/C17H18BrNO2S/c1-12-8-9-15(18)11-16(12)22(20,21)19-10-4-7-14-6-3-5-13(2)17(14)19/h3,5-6,8-9,11H,4,7,10H2,1-2H3. The zero-order valence-corrected chi connectivity index (χ0v) is 15.0. The van der Waals surface area contributed by atoms with E-state index >= 15 is 0 Å². The molecule has 0 unspecified atom stereocenters. The zero-order chi connectivity index (χ0) is 15.9. The van der Waals surface area contributed by atoms with Crippen molar-refractivity contribution in [2.24, 2.45) is 0 Å². The summed E-state index contributed by atoms with van der Waals surface area (Å²) in [6, 6.07) is 11.4. The molecule has 3 rings (SSSR count). The van der Waals surface area contributed by atoms with Gasteiger partial charge in [0, 0.05) is 11.0 Å². The summed E-state index contributed by atoms with van der Waals surface area (Å²) in [4.78, 5) is 0.373. The maximum absolute atomic E-state index is 13.2. The lowest BCUT2D eigenvalue weighted by Gasteiger charge is -2.32. The lowest BCUT2D eigenvalue weighted by molar-refractivity contribution is 0.585. The molecule has 0 saturated heterocycles. The van der Waals surface area contributed by atoms with Crippen LogP contribution in [-0.2, 0) is 16.4 Å². The molecular weight excluding hydrogens is 362 g/mol. The molecule has 0 N–H and O–H groups in total. The van der Waals surface area contributed by atoms with Crippen LogP contribution < -0.4 is 4.31 Å². The fourth-order valence-electron chi connectivity index (χ4n) is 3.01. The number of halogens is 1. The quantitative estimate of drug-likeness (QED) is 0.783. The molecule has 2 aromatic rings. The van der Waals surface area contributed by atoms with E-state index in [1.165, 1.54) is 0 Å². The Morgan fingerprint density at radius 3 is 2.64 bits per heavy atom. The number of anilines is 1. The van der Waals surface area contributed by atoms with Crippen LogP contribution >= 0.6 is 15.9 Å². The first-order valence-electron chi connectivity index (χ1n) is 7.28. The van der Waals surface area contributed by atoms with Crippen LogP contribution in [0.15, 0.2) is 45.8 Å². The van der Waals surface area contributed by atoms with E-state index in [1.54, 1.807) is 10.4 Å². The average Bonchev–Trinajstić information content (AvgIpc) is 2.49. The van der Waals surface area contributed by atoms with Crippen molar-refractivity contribution in [3.63, 3.8) is 0 Å². The minimum atomic E-state index is -3.55. The number of rotatable bonds is 2. The van der Waals surface area contributed by atoms with Gasteiger partial charge in [-0.3, -0.25) is 4.31 Å². The molecule has 0 atom stereocenters. The number of sulfonamides is 1. The first kappa shape index (κ1) is 15.6. The Labute approximate surface area is 140 Å². The van der Waals surface area contributed by atoms with Crippen LogP contribution in [0.4, 0.5) is 5.69 Å². The number of para-hydroxylation sites is 1. The van der Waals surface area contributed by atoms with E-state index in [1.807, 2.05) is 44.2 Å². The Hall–Kier alpha value is -1.33. The van der Waals surface area contributed by atoms with Crippen molar-refractivity contribution in [2.75, 3.05) is 10.8 Å². The van der Waals surface area contributed by atoms with Gasteiger partial charge in [-0.1, -0.05) is 40.2 Å². The van der Waals surface area contributed by atoms with Gasteiger partial charge in [0.05, 0.1) is 10.6 Å². The summed E-state index contributed by atoms with van der Waals surface area (Å²) in [5, 5.41) is 0. The molecule has 1 aliphatic rings. The molecule has 0 fully saturated rings. The second-order valence-corrected chi connectivity index (χ2v) is 8.42. The molecule has 0 saturated carbocycles. The molecule has 0 aliphatic carbocycles. The van der Waals surface area contributed by atoms with E-state index < -0.39 is 10.0 Å². The minimum Gasteiger partial charge on any atom is -0.266 e. The van der Waals surface area contributed by atoms with Gasteiger partial charge in [-0.15, -0.1) is 0 Å². The summed E-state index contributed by atoms with van der Waals surface area (Å²) in [7, 11) is -3.55. The molecule has 3 nitrogen and oxygen atoms in total. The molecule has 0 radical (unpaired) electrons. The number of hydrogen-bond acceptors (Lipinski definition) is 2. The predicted octanol–water partition coefficient (Wildman–Crippen LogP) is 4.21. The highest BCUT2D eigenvalue weighted by atomic mass is 79.9. The van der Waals surface area contributed by atoms with E-state index in [2.05, 4.69) is 15.9 Å².